The van der Waals surface area contributed by atoms with Gasteiger partial charge in [-0.3, -0.25) is 0 Å². The van der Waals surface area contributed by atoms with Crippen LogP contribution in [0.5, 0.6) is 23.0 Å². The molecule has 0 unspecified atom stereocenters. The highest BCUT2D eigenvalue weighted by Crippen LogP contribution is 2.46. The molecule has 10 rings (SSSR count). The Kier molecular flexibility index (Phi) is 3.87. The summed E-state index contributed by atoms with van der Waals surface area (Å²) in [5.74, 6) is 0.126. The van der Waals surface area contributed by atoms with Crippen molar-refractivity contribution in [2.24, 2.45) is 0 Å². The number of benzene rings is 8. The van der Waals surface area contributed by atoms with Crippen LogP contribution in [-0.4, -0.2) is 6.71 Å². The molecule has 2 aliphatic heterocycles. The second-order valence-corrected chi connectivity index (χ2v) is 11.8. The summed E-state index contributed by atoms with van der Waals surface area (Å²) in [6, 6.07) is 6.43. The molecule has 0 aromatic heterocycles. The third-order valence-corrected chi connectivity index (χ3v) is 8.91. The van der Waals surface area contributed by atoms with Gasteiger partial charge in [0.1, 0.15) is 23.0 Å². The van der Waals surface area contributed by atoms with Gasteiger partial charge in [-0.05, 0) is 57.4 Å². The van der Waals surface area contributed by atoms with Gasteiger partial charge in [0.05, 0.1) is 33.1 Å². The lowest BCUT2D eigenvalue weighted by Crippen LogP contribution is -2.57. The molecule has 0 spiro atoms. The summed E-state index contributed by atoms with van der Waals surface area (Å²) in [5, 5.41) is 0. The highest BCUT2D eigenvalue weighted by atomic mass is 16.5. The third kappa shape index (κ3) is 5.08. The molecule has 0 aliphatic carbocycles. The number of fused-ring (bicyclic) bond motifs is 4. The minimum Gasteiger partial charge on any atom is -0.458 e. The Morgan fingerprint density at radius 1 is 0.423 bits per heavy atom. The van der Waals surface area contributed by atoms with Gasteiger partial charge < -0.3 is 14.4 Å². The summed E-state index contributed by atoms with van der Waals surface area (Å²) in [6.07, 6.45) is 0. The van der Waals surface area contributed by atoms with E-state index in [4.69, 9.17) is 34.1 Å². The van der Waals surface area contributed by atoms with E-state index in [1.807, 2.05) is 0 Å². The van der Waals surface area contributed by atoms with E-state index in [-0.39, 0.29) is 67.8 Å². The highest BCUT2D eigenvalue weighted by Gasteiger charge is 2.42. The summed E-state index contributed by atoms with van der Waals surface area (Å²) in [7, 11) is 0. The van der Waals surface area contributed by atoms with E-state index in [1.54, 1.807) is 24.3 Å². The van der Waals surface area contributed by atoms with Crippen molar-refractivity contribution in [3.63, 3.8) is 0 Å². The lowest BCUT2D eigenvalue weighted by molar-refractivity contribution is 0.466. The Hall–Kier alpha value is -6.78. The zero-order valence-electron chi connectivity index (χ0n) is 46.8. The molecule has 4 heteroatoms. The fraction of sp³-hybridized carbons (Fsp3) is 0. The molecule has 52 heavy (non-hydrogen) atoms. The number of anilines is 3. The summed E-state index contributed by atoms with van der Waals surface area (Å²) < 4.78 is 187. The van der Waals surface area contributed by atoms with Crippen molar-refractivity contribution in [1.82, 2.24) is 0 Å². The van der Waals surface area contributed by atoms with Crippen LogP contribution in [0.25, 0.3) is 33.4 Å². The maximum Gasteiger partial charge on any atom is 0.260 e. The number of rotatable bonds is 6. The average Bonchev–Trinajstić information content (AvgIpc) is 3.37. The van der Waals surface area contributed by atoms with Crippen LogP contribution in [0.1, 0.15) is 27.4 Å². The number of nitrogens with zero attached hydrogens (tertiary/aromatic N) is 1. The number of hydrogen-bond donors (Lipinski definition) is 0. The van der Waals surface area contributed by atoms with Crippen LogP contribution < -0.4 is 30.8 Å². The molecule has 0 amide bonds. The fourth-order valence-electron chi connectivity index (χ4n) is 6.78. The zero-order valence-corrected chi connectivity index (χ0v) is 26.8. The molecule has 8 aromatic carbocycles. The van der Waals surface area contributed by atoms with Crippen LogP contribution in [0.15, 0.2) is 194 Å². The second kappa shape index (κ2) is 12.5. The van der Waals surface area contributed by atoms with Crippen LogP contribution in [-0.2, 0) is 0 Å². The third-order valence-electron chi connectivity index (χ3n) is 8.91. The zero-order chi connectivity index (χ0) is 51.8. The molecule has 0 saturated carbocycles. The van der Waals surface area contributed by atoms with Crippen LogP contribution >= 0.6 is 0 Å². The van der Waals surface area contributed by atoms with Gasteiger partial charge in [0.25, 0.3) is 6.71 Å². The van der Waals surface area contributed by atoms with Crippen molar-refractivity contribution < 1.29 is 36.9 Å². The summed E-state index contributed by atoms with van der Waals surface area (Å²) in [5.41, 5.74) is 0.576. The van der Waals surface area contributed by atoms with Crippen molar-refractivity contribution in [2.45, 2.75) is 0 Å². The van der Waals surface area contributed by atoms with E-state index in [0.29, 0.717) is 16.4 Å². The van der Waals surface area contributed by atoms with Gasteiger partial charge in [0, 0.05) is 40.1 Å². The Morgan fingerprint density at radius 3 is 1.44 bits per heavy atom. The maximum absolute atomic E-state index is 9.21. The van der Waals surface area contributed by atoms with Crippen molar-refractivity contribution in [3.8, 4) is 56.4 Å². The van der Waals surface area contributed by atoms with Crippen molar-refractivity contribution in [3.05, 3.63) is 194 Å². The quantitative estimate of drug-likeness (QED) is 0.163. The summed E-state index contributed by atoms with van der Waals surface area (Å²) in [6.45, 7) is -0.896. The highest BCUT2D eigenvalue weighted by molar-refractivity contribution is 6.98. The predicted octanol–water partition coefficient (Wildman–Crippen LogP) is 10.9. The molecule has 244 valence electrons. The fourth-order valence-corrected chi connectivity index (χ4v) is 6.78. The van der Waals surface area contributed by atoms with Crippen molar-refractivity contribution in [2.75, 3.05) is 4.90 Å². The molecule has 0 bridgehead atoms. The van der Waals surface area contributed by atoms with Crippen LogP contribution in [0, 0.1) is 0 Å². The Bertz CT molecular complexity index is 3500. The van der Waals surface area contributed by atoms with Gasteiger partial charge in [-0.1, -0.05) is 157 Å². The minimum atomic E-state index is -0.896. The molecule has 8 aromatic rings. The number of ether oxygens (including phenoxy) is 2. The normalized spacial score (nSPS) is 17.5. The average molecular weight is 686 g/mol. The minimum absolute atomic E-state index is 0.00622. The van der Waals surface area contributed by atoms with Crippen LogP contribution in [0.2, 0.25) is 0 Å². The number of hydrogen-bond acceptors (Lipinski definition) is 3. The van der Waals surface area contributed by atoms with E-state index in [9.17, 15) is 2.74 Å². The smallest absolute Gasteiger partial charge is 0.260 e. The van der Waals surface area contributed by atoms with Gasteiger partial charge in [-0.25, -0.2) is 0 Å². The lowest BCUT2D eigenvalue weighted by atomic mass is 9.34. The molecule has 0 atom stereocenters. The first-order chi connectivity index (χ1) is 34.1. The molecule has 2 aliphatic rings. The summed E-state index contributed by atoms with van der Waals surface area (Å²) in [4.78, 5) is 1.28. The first-order valence-electron chi connectivity index (χ1n) is 26.1. The van der Waals surface area contributed by atoms with Crippen molar-refractivity contribution >= 4 is 40.2 Å². The van der Waals surface area contributed by atoms with Gasteiger partial charge in [-0.2, -0.15) is 0 Å². The van der Waals surface area contributed by atoms with Gasteiger partial charge >= 0.3 is 0 Å². The SMILES string of the molecule is [2H]c1c([2H])c([2H])c(-c2cccc(N(c3cc4c5c(c3)Oc3c(cccc3-c3c([2H])c([2H])c([2H])c([2H])c3[2H])B5c3cccc(-c5c([2H])c([2H])c([2H])c([2H])c5[2H])c3O4)c3c([2H])c([2H])c([2H])c([2H])c3[2H])c2)c([2H])c1[2H]. The predicted molar refractivity (Wildman–Crippen MR) is 215 cm³/mol. The van der Waals surface area contributed by atoms with Crippen molar-refractivity contribution in [1.29, 1.82) is 0 Å². The van der Waals surface area contributed by atoms with Gasteiger partial charge in [0.15, 0.2) is 0 Å². The van der Waals surface area contributed by atoms with E-state index in [1.165, 1.54) is 53.4 Å². The topological polar surface area (TPSA) is 21.7 Å². The van der Waals surface area contributed by atoms with E-state index in [2.05, 4.69) is 0 Å². The number of para-hydroxylation sites is 3. The molecular formula is C48H32BNO2. The van der Waals surface area contributed by atoms with Crippen LogP contribution in [0.4, 0.5) is 17.1 Å². The van der Waals surface area contributed by atoms with Crippen LogP contribution in [0.3, 0.4) is 0 Å². The Balaban J connectivity index is 1.31. The first kappa shape index (κ1) is 16.1. The molecule has 0 fully saturated rings. The van der Waals surface area contributed by atoms with E-state index >= 15 is 0 Å². The molecule has 0 radical (unpaired) electrons. The Labute approximate surface area is 332 Å². The Morgan fingerprint density at radius 2 is 0.904 bits per heavy atom. The van der Waals surface area contributed by atoms with E-state index in [0.717, 1.165) is 0 Å². The molecular weight excluding hydrogens is 633 g/mol. The van der Waals surface area contributed by atoms with Gasteiger partial charge in [0.2, 0.25) is 0 Å². The van der Waals surface area contributed by atoms with Gasteiger partial charge in [-0.15, -0.1) is 0 Å². The molecule has 0 saturated heterocycles. The first-order valence-corrected chi connectivity index (χ1v) is 16.1. The standard InChI is InChI=1S/C48H32BNO2/c1-5-16-33(17-6-1)36-22-13-25-38(30-36)50(37-23-11-4-12-24-37)39-31-44-46-45(32-39)52-48-41(35-20-9-3-10-21-35)27-15-29-43(48)49(46)42-28-14-26-40(47(42)51-44)34-18-7-2-8-19-34/h1-32H/i1D,2D,3D,4D,5D,6D,7D,8D,9D,10D,11D,12D,16D,17D,18D,19D,20D,21D,23D,24D. The monoisotopic (exact) mass is 685 g/mol. The second-order valence-electron chi connectivity index (χ2n) is 11.8. The largest absolute Gasteiger partial charge is 0.458 e. The molecule has 3 nitrogen and oxygen atoms in total. The maximum atomic E-state index is 9.21. The summed E-state index contributed by atoms with van der Waals surface area (Å²) >= 11 is 0. The molecule has 0 N–H and O–H groups in total. The molecule has 2 heterocycles. The van der Waals surface area contributed by atoms with E-state index < -0.39 is 133 Å². The lowest BCUT2D eigenvalue weighted by Gasteiger charge is -2.36.